The number of hydrogen-bond acceptors (Lipinski definition) is 2. The van der Waals surface area contributed by atoms with Crippen molar-refractivity contribution in [3.05, 3.63) is 58.4 Å². The first-order chi connectivity index (χ1) is 8.58. The van der Waals surface area contributed by atoms with Gasteiger partial charge in [-0.2, -0.15) is 0 Å². The number of aromatic nitrogens is 1. The molecule has 1 N–H and O–H groups in total. The third kappa shape index (κ3) is 2.82. The lowest BCUT2D eigenvalue weighted by molar-refractivity contribution is 0.878. The smallest absolute Gasteiger partial charge is 0.0607 e. The lowest BCUT2D eigenvalue weighted by Gasteiger charge is -2.18. The van der Waals surface area contributed by atoms with Crippen molar-refractivity contribution in [1.29, 1.82) is 0 Å². The molecule has 0 amide bonds. The molecule has 0 saturated heterocycles. The first-order valence-electron chi connectivity index (χ1n) is 6.03. The van der Waals surface area contributed by atoms with Gasteiger partial charge in [-0.3, -0.25) is 4.98 Å². The molecule has 2 nitrogen and oxygen atoms in total. The Bertz CT molecular complexity index is 552. The van der Waals surface area contributed by atoms with Crippen LogP contribution >= 0.6 is 11.6 Å². The predicted octanol–water partition coefficient (Wildman–Crippen LogP) is 4.52. The van der Waals surface area contributed by atoms with E-state index in [1.54, 1.807) is 0 Å². The second kappa shape index (κ2) is 5.40. The van der Waals surface area contributed by atoms with Gasteiger partial charge in [-0.25, -0.2) is 0 Å². The first-order valence-corrected chi connectivity index (χ1v) is 6.41. The van der Waals surface area contributed by atoms with Crippen molar-refractivity contribution >= 4 is 17.3 Å². The van der Waals surface area contributed by atoms with Crippen LogP contribution in [-0.4, -0.2) is 4.98 Å². The molecule has 0 aliphatic rings. The van der Waals surface area contributed by atoms with Crippen LogP contribution in [0.2, 0.25) is 5.02 Å². The van der Waals surface area contributed by atoms with E-state index in [0.717, 1.165) is 27.7 Å². The number of aryl methyl sites for hydroxylation is 2. The molecule has 94 valence electrons. The van der Waals surface area contributed by atoms with E-state index in [1.807, 2.05) is 44.2 Å². The van der Waals surface area contributed by atoms with E-state index in [9.17, 15) is 0 Å². The number of nitrogens with zero attached hydrogens (tertiary/aromatic N) is 1. The molecular formula is C15H17ClN2. The highest BCUT2D eigenvalue weighted by Crippen LogP contribution is 2.26. The Labute approximate surface area is 113 Å². The van der Waals surface area contributed by atoms with Gasteiger partial charge in [-0.05, 0) is 44.5 Å². The largest absolute Gasteiger partial charge is 0.377 e. The molecule has 0 saturated carbocycles. The summed E-state index contributed by atoms with van der Waals surface area (Å²) in [4.78, 5) is 4.45. The quantitative estimate of drug-likeness (QED) is 0.877. The van der Waals surface area contributed by atoms with Crippen LogP contribution in [0.3, 0.4) is 0 Å². The Balaban J connectivity index is 2.21. The van der Waals surface area contributed by atoms with Gasteiger partial charge in [0.15, 0.2) is 0 Å². The summed E-state index contributed by atoms with van der Waals surface area (Å²) in [5.74, 6) is 0. The maximum atomic E-state index is 6.19. The first kappa shape index (κ1) is 12.9. The van der Waals surface area contributed by atoms with Gasteiger partial charge in [0, 0.05) is 10.7 Å². The van der Waals surface area contributed by atoms with Crippen molar-refractivity contribution in [3.8, 4) is 0 Å². The SMILES string of the molecule is Cc1ccc(NC(C)c2ccccc2Cl)c(C)n1. The minimum absolute atomic E-state index is 0.155. The van der Waals surface area contributed by atoms with Crippen molar-refractivity contribution in [1.82, 2.24) is 4.98 Å². The Kier molecular flexibility index (Phi) is 3.87. The molecule has 18 heavy (non-hydrogen) atoms. The van der Waals surface area contributed by atoms with E-state index in [4.69, 9.17) is 11.6 Å². The van der Waals surface area contributed by atoms with Crippen LogP contribution in [0.1, 0.15) is 29.9 Å². The minimum atomic E-state index is 0.155. The molecule has 0 radical (unpaired) electrons. The standard InChI is InChI=1S/C15H17ClN2/c1-10-8-9-15(12(3)17-10)18-11(2)13-6-4-5-7-14(13)16/h4-9,11,18H,1-3H3. The summed E-state index contributed by atoms with van der Waals surface area (Å²) in [6.07, 6.45) is 0. The summed E-state index contributed by atoms with van der Waals surface area (Å²) < 4.78 is 0. The van der Waals surface area contributed by atoms with E-state index >= 15 is 0 Å². The highest BCUT2D eigenvalue weighted by Gasteiger charge is 2.10. The number of benzene rings is 1. The number of hydrogen-bond donors (Lipinski definition) is 1. The fourth-order valence-electron chi connectivity index (χ4n) is 1.98. The molecule has 1 atom stereocenters. The van der Waals surface area contributed by atoms with E-state index < -0.39 is 0 Å². The fraction of sp³-hybridized carbons (Fsp3) is 0.267. The second-order valence-corrected chi connectivity index (χ2v) is 4.88. The molecule has 2 aromatic rings. The summed E-state index contributed by atoms with van der Waals surface area (Å²) in [5, 5.41) is 4.23. The Morgan fingerprint density at radius 2 is 1.83 bits per heavy atom. The summed E-state index contributed by atoms with van der Waals surface area (Å²) in [5.41, 5.74) is 4.18. The van der Waals surface area contributed by atoms with Crippen molar-refractivity contribution < 1.29 is 0 Å². The van der Waals surface area contributed by atoms with Gasteiger partial charge < -0.3 is 5.32 Å². The lowest BCUT2D eigenvalue weighted by atomic mass is 10.1. The van der Waals surface area contributed by atoms with Gasteiger partial charge in [0.25, 0.3) is 0 Å². The Morgan fingerprint density at radius 3 is 2.50 bits per heavy atom. The van der Waals surface area contributed by atoms with Crippen molar-refractivity contribution in [3.63, 3.8) is 0 Å². The molecule has 1 aromatic heterocycles. The van der Waals surface area contributed by atoms with E-state index in [2.05, 4.69) is 23.3 Å². The molecule has 0 aliphatic heterocycles. The van der Waals surface area contributed by atoms with Gasteiger partial charge in [0.05, 0.1) is 17.4 Å². The van der Waals surface area contributed by atoms with Gasteiger partial charge in [-0.1, -0.05) is 29.8 Å². The number of halogens is 1. The minimum Gasteiger partial charge on any atom is -0.377 e. The zero-order chi connectivity index (χ0) is 13.1. The molecule has 1 aromatic carbocycles. The molecule has 3 heteroatoms. The Hall–Kier alpha value is -1.54. The van der Waals surface area contributed by atoms with Crippen LogP contribution in [0, 0.1) is 13.8 Å². The topological polar surface area (TPSA) is 24.9 Å². The van der Waals surface area contributed by atoms with Crippen molar-refractivity contribution in [2.24, 2.45) is 0 Å². The van der Waals surface area contributed by atoms with Crippen LogP contribution in [0.5, 0.6) is 0 Å². The summed E-state index contributed by atoms with van der Waals surface area (Å²) in [6.45, 7) is 6.10. The third-order valence-corrected chi connectivity index (χ3v) is 3.31. The van der Waals surface area contributed by atoms with E-state index in [1.165, 1.54) is 0 Å². The molecule has 1 heterocycles. The normalized spacial score (nSPS) is 12.2. The Morgan fingerprint density at radius 1 is 1.11 bits per heavy atom. The molecular weight excluding hydrogens is 244 g/mol. The second-order valence-electron chi connectivity index (χ2n) is 4.47. The summed E-state index contributed by atoms with van der Waals surface area (Å²) >= 11 is 6.19. The van der Waals surface area contributed by atoms with E-state index in [-0.39, 0.29) is 6.04 Å². The van der Waals surface area contributed by atoms with Crippen LogP contribution in [0.4, 0.5) is 5.69 Å². The molecule has 2 rings (SSSR count). The number of pyridine rings is 1. The lowest BCUT2D eigenvalue weighted by Crippen LogP contribution is -2.09. The van der Waals surface area contributed by atoms with Gasteiger partial charge in [0.2, 0.25) is 0 Å². The van der Waals surface area contributed by atoms with Crippen LogP contribution < -0.4 is 5.32 Å². The molecule has 0 spiro atoms. The summed E-state index contributed by atoms with van der Waals surface area (Å²) in [7, 11) is 0. The highest BCUT2D eigenvalue weighted by atomic mass is 35.5. The van der Waals surface area contributed by atoms with Crippen LogP contribution in [0.25, 0.3) is 0 Å². The summed E-state index contributed by atoms with van der Waals surface area (Å²) in [6, 6.07) is 12.1. The maximum Gasteiger partial charge on any atom is 0.0607 e. The van der Waals surface area contributed by atoms with Crippen molar-refractivity contribution in [2.75, 3.05) is 5.32 Å². The molecule has 0 aliphatic carbocycles. The van der Waals surface area contributed by atoms with Gasteiger partial charge in [-0.15, -0.1) is 0 Å². The predicted molar refractivity (Wildman–Crippen MR) is 77.2 cm³/mol. The molecule has 1 unspecified atom stereocenters. The van der Waals surface area contributed by atoms with Crippen LogP contribution in [-0.2, 0) is 0 Å². The fourth-order valence-corrected chi connectivity index (χ4v) is 2.28. The van der Waals surface area contributed by atoms with Gasteiger partial charge in [0.1, 0.15) is 0 Å². The molecule has 0 fully saturated rings. The molecule has 0 bridgehead atoms. The third-order valence-electron chi connectivity index (χ3n) is 2.97. The number of anilines is 1. The average Bonchev–Trinajstić information content (AvgIpc) is 2.33. The number of nitrogens with one attached hydrogen (secondary N) is 1. The maximum absolute atomic E-state index is 6.19. The zero-order valence-corrected chi connectivity index (χ0v) is 11.6. The van der Waals surface area contributed by atoms with Crippen LogP contribution in [0.15, 0.2) is 36.4 Å². The number of rotatable bonds is 3. The highest BCUT2D eigenvalue weighted by molar-refractivity contribution is 6.31. The zero-order valence-electron chi connectivity index (χ0n) is 10.9. The van der Waals surface area contributed by atoms with Gasteiger partial charge >= 0.3 is 0 Å². The van der Waals surface area contributed by atoms with E-state index in [0.29, 0.717) is 0 Å². The van der Waals surface area contributed by atoms with Crippen molar-refractivity contribution in [2.45, 2.75) is 26.8 Å². The monoisotopic (exact) mass is 260 g/mol. The average molecular weight is 261 g/mol.